The van der Waals surface area contributed by atoms with Crippen molar-refractivity contribution in [1.82, 2.24) is 10.1 Å². The summed E-state index contributed by atoms with van der Waals surface area (Å²) in [5.41, 5.74) is 3.25. The number of anilines is 1. The smallest absolute Gasteiger partial charge is 0.262 e. The van der Waals surface area contributed by atoms with E-state index in [0.29, 0.717) is 28.1 Å². The summed E-state index contributed by atoms with van der Waals surface area (Å²) in [6.07, 6.45) is 0. The summed E-state index contributed by atoms with van der Waals surface area (Å²) in [5.74, 6) is 1.07. The van der Waals surface area contributed by atoms with Gasteiger partial charge in [0.15, 0.2) is 6.61 Å². The number of aryl methyl sites for hydroxylation is 1. The van der Waals surface area contributed by atoms with E-state index in [0.717, 1.165) is 16.8 Å². The van der Waals surface area contributed by atoms with Crippen LogP contribution in [0.4, 0.5) is 5.69 Å². The summed E-state index contributed by atoms with van der Waals surface area (Å²) in [6, 6.07) is 21.9. The van der Waals surface area contributed by atoms with Crippen molar-refractivity contribution in [1.29, 1.82) is 0 Å². The fraction of sp³-hybridized carbons (Fsp3) is 0.0870. The second-order valence-electron chi connectivity index (χ2n) is 6.67. The first-order valence-electron chi connectivity index (χ1n) is 9.26. The standard InChI is InChI=1S/C23H18ClN3O3/c1-15-5-2-9-19(11-15)25-21(28)14-29-20-10-4-6-16(13-20)22-26-23(30-27-22)17-7-3-8-18(24)12-17/h2-13H,14H2,1H3,(H,25,28). The lowest BCUT2D eigenvalue weighted by Crippen LogP contribution is -2.20. The van der Waals surface area contributed by atoms with Crippen LogP contribution in [0, 0.1) is 6.92 Å². The summed E-state index contributed by atoms with van der Waals surface area (Å²) < 4.78 is 11.0. The molecule has 1 heterocycles. The lowest BCUT2D eigenvalue weighted by molar-refractivity contribution is -0.118. The fourth-order valence-corrected chi connectivity index (χ4v) is 3.06. The SMILES string of the molecule is Cc1cccc(NC(=O)COc2cccc(-c3noc(-c4cccc(Cl)c4)n3)c2)c1. The van der Waals surface area contributed by atoms with Crippen LogP contribution in [0.15, 0.2) is 77.3 Å². The van der Waals surface area contributed by atoms with Crippen LogP contribution in [0.1, 0.15) is 5.56 Å². The van der Waals surface area contributed by atoms with Gasteiger partial charge < -0.3 is 14.6 Å². The molecule has 6 nitrogen and oxygen atoms in total. The zero-order valence-corrected chi connectivity index (χ0v) is 16.9. The van der Waals surface area contributed by atoms with Gasteiger partial charge in [-0.15, -0.1) is 0 Å². The lowest BCUT2D eigenvalue weighted by atomic mass is 10.2. The number of hydrogen-bond donors (Lipinski definition) is 1. The van der Waals surface area contributed by atoms with E-state index >= 15 is 0 Å². The van der Waals surface area contributed by atoms with Crippen LogP contribution in [0.3, 0.4) is 0 Å². The van der Waals surface area contributed by atoms with Crippen LogP contribution in [-0.4, -0.2) is 22.7 Å². The van der Waals surface area contributed by atoms with Gasteiger partial charge in [-0.1, -0.05) is 47.1 Å². The maximum Gasteiger partial charge on any atom is 0.262 e. The van der Waals surface area contributed by atoms with Crippen molar-refractivity contribution in [2.45, 2.75) is 6.92 Å². The van der Waals surface area contributed by atoms with Crippen molar-refractivity contribution in [3.63, 3.8) is 0 Å². The molecular formula is C23H18ClN3O3. The number of carbonyl (C=O) groups excluding carboxylic acids is 1. The Morgan fingerprint density at radius 1 is 1.03 bits per heavy atom. The van der Waals surface area contributed by atoms with E-state index in [1.165, 1.54) is 0 Å². The van der Waals surface area contributed by atoms with Crippen LogP contribution in [0.5, 0.6) is 5.75 Å². The molecule has 0 aliphatic heterocycles. The fourth-order valence-electron chi connectivity index (χ4n) is 2.87. The molecule has 0 spiro atoms. The molecule has 1 amide bonds. The van der Waals surface area contributed by atoms with E-state index in [2.05, 4.69) is 15.5 Å². The molecule has 0 fully saturated rings. The molecule has 7 heteroatoms. The van der Waals surface area contributed by atoms with Gasteiger partial charge in [-0.25, -0.2) is 0 Å². The normalized spacial score (nSPS) is 10.6. The Kier molecular flexibility index (Phi) is 5.77. The van der Waals surface area contributed by atoms with Gasteiger partial charge in [0.2, 0.25) is 5.82 Å². The number of halogens is 1. The Balaban J connectivity index is 1.42. The number of hydrogen-bond acceptors (Lipinski definition) is 5. The van der Waals surface area contributed by atoms with E-state index in [9.17, 15) is 4.79 Å². The van der Waals surface area contributed by atoms with Crippen molar-refractivity contribution in [2.24, 2.45) is 0 Å². The van der Waals surface area contributed by atoms with E-state index < -0.39 is 0 Å². The number of nitrogens with one attached hydrogen (secondary N) is 1. The zero-order valence-electron chi connectivity index (χ0n) is 16.1. The Morgan fingerprint density at radius 2 is 1.83 bits per heavy atom. The van der Waals surface area contributed by atoms with Gasteiger partial charge in [-0.05, 0) is 55.0 Å². The van der Waals surface area contributed by atoms with E-state index in [4.69, 9.17) is 20.9 Å². The number of rotatable bonds is 6. The number of benzene rings is 3. The highest BCUT2D eigenvalue weighted by molar-refractivity contribution is 6.30. The maximum absolute atomic E-state index is 12.2. The number of nitrogens with zero attached hydrogens (tertiary/aromatic N) is 2. The van der Waals surface area contributed by atoms with Crippen molar-refractivity contribution >= 4 is 23.2 Å². The number of ether oxygens (including phenoxy) is 1. The molecule has 4 rings (SSSR count). The average Bonchev–Trinajstić information content (AvgIpc) is 3.23. The van der Waals surface area contributed by atoms with Crippen LogP contribution in [0.25, 0.3) is 22.8 Å². The van der Waals surface area contributed by atoms with Crippen LogP contribution >= 0.6 is 11.6 Å². The molecule has 0 bridgehead atoms. The van der Waals surface area contributed by atoms with E-state index in [-0.39, 0.29) is 12.5 Å². The van der Waals surface area contributed by atoms with Crippen LogP contribution in [-0.2, 0) is 4.79 Å². The Labute approximate surface area is 178 Å². The zero-order chi connectivity index (χ0) is 20.9. The Bertz CT molecular complexity index is 1190. The predicted octanol–water partition coefficient (Wildman–Crippen LogP) is 5.38. The molecule has 1 aromatic heterocycles. The first kappa shape index (κ1) is 19.7. The number of amides is 1. The van der Waals surface area contributed by atoms with Gasteiger partial charge in [0, 0.05) is 21.8 Å². The van der Waals surface area contributed by atoms with Crippen molar-refractivity contribution in [3.05, 3.63) is 83.4 Å². The summed E-state index contributed by atoms with van der Waals surface area (Å²) in [6.45, 7) is 1.85. The molecule has 3 aromatic carbocycles. The molecule has 0 radical (unpaired) electrons. The quantitative estimate of drug-likeness (QED) is 0.453. The van der Waals surface area contributed by atoms with E-state index in [1.54, 1.807) is 30.3 Å². The van der Waals surface area contributed by atoms with Gasteiger partial charge in [0.25, 0.3) is 11.8 Å². The minimum absolute atomic E-state index is 0.114. The number of carbonyl (C=O) groups is 1. The van der Waals surface area contributed by atoms with E-state index in [1.807, 2.05) is 49.4 Å². The topological polar surface area (TPSA) is 77.2 Å². The monoisotopic (exact) mass is 419 g/mol. The molecule has 1 N–H and O–H groups in total. The highest BCUT2D eigenvalue weighted by Gasteiger charge is 2.12. The molecule has 0 saturated carbocycles. The maximum atomic E-state index is 12.2. The minimum Gasteiger partial charge on any atom is -0.484 e. The highest BCUT2D eigenvalue weighted by atomic mass is 35.5. The first-order valence-corrected chi connectivity index (χ1v) is 9.64. The predicted molar refractivity (Wildman–Crippen MR) is 115 cm³/mol. The van der Waals surface area contributed by atoms with Crippen LogP contribution in [0.2, 0.25) is 5.02 Å². The third kappa shape index (κ3) is 4.85. The molecule has 0 unspecified atom stereocenters. The Morgan fingerprint density at radius 3 is 2.67 bits per heavy atom. The molecule has 0 aliphatic carbocycles. The average molecular weight is 420 g/mol. The highest BCUT2D eigenvalue weighted by Crippen LogP contribution is 2.26. The lowest BCUT2D eigenvalue weighted by Gasteiger charge is -2.08. The van der Waals surface area contributed by atoms with Crippen molar-refractivity contribution in [3.8, 4) is 28.6 Å². The van der Waals surface area contributed by atoms with Gasteiger partial charge in [0.05, 0.1) is 0 Å². The van der Waals surface area contributed by atoms with Gasteiger partial charge in [0.1, 0.15) is 5.75 Å². The molecule has 30 heavy (non-hydrogen) atoms. The second kappa shape index (κ2) is 8.80. The largest absolute Gasteiger partial charge is 0.484 e. The third-order valence-electron chi connectivity index (χ3n) is 4.26. The van der Waals surface area contributed by atoms with Crippen molar-refractivity contribution in [2.75, 3.05) is 11.9 Å². The molecule has 0 atom stereocenters. The van der Waals surface area contributed by atoms with Gasteiger partial charge >= 0.3 is 0 Å². The number of aromatic nitrogens is 2. The van der Waals surface area contributed by atoms with Gasteiger partial charge in [-0.2, -0.15) is 4.98 Å². The summed E-state index contributed by atoms with van der Waals surface area (Å²) in [7, 11) is 0. The summed E-state index contributed by atoms with van der Waals surface area (Å²) in [5, 5.41) is 7.43. The molecular weight excluding hydrogens is 402 g/mol. The first-order chi connectivity index (χ1) is 14.6. The third-order valence-corrected chi connectivity index (χ3v) is 4.50. The molecule has 0 saturated heterocycles. The molecule has 4 aromatic rings. The minimum atomic E-state index is -0.242. The summed E-state index contributed by atoms with van der Waals surface area (Å²) in [4.78, 5) is 16.6. The summed E-state index contributed by atoms with van der Waals surface area (Å²) >= 11 is 6.02. The van der Waals surface area contributed by atoms with Gasteiger partial charge in [-0.3, -0.25) is 4.79 Å². The van der Waals surface area contributed by atoms with Crippen molar-refractivity contribution < 1.29 is 14.1 Å². The Hall–Kier alpha value is -3.64. The van der Waals surface area contributed by atoms with Crippen LogP contribution < -0.4 is 10.1 Å². The second-order valence-corrected chi connectivity index (χ2v) is 7.10. The molecule has 150 valence electrons. The molecule has 0 aliphatic rings.